The topological polar surface area (TPSA) is 284 Å². The second-order valence-electron chi connectivity index (χ2n) is 7.70. The lowest BCUT2D eigenvalue weighted by atomic mass is 10.1. The van der Waals surface area contributed by atoms with E-state index < -0.39 is 60.2 Å². The number of unbranched alkanes of at least 4 members (excludes halogenated alkanes) is 1. The van der Waals surface area contributed by atoms with Crippen LogP contribution in [-0.4, -0.2) is 77.9 Å². The van der Waals surface area contributed by atoms with Crippen LogP contribution >= 0.6 is 0 Å². The van der Waals surface area contributed by atoms with Crippen molar-refractivity contribution in [2.24, 2.45) is 33.7 Å². The second-order valence-corrected chi connectivity index (χ2v) is 7.70. The van der Waals surface area contributed by atoms with Gasteiger partial charge in [0.15, 0.2) is 5.96 Å². The molecule has 4 unspecified atom stereocenters. The van der Waals surface area contributed by atoms with Crippen LogP contribution in [0.4, 0.5) is 0 Å². The number of aliphatic carboxylic acids is 1. The molecule has 15 nitrogen and oxygen atoms in total. The van der Waals surface area contributed by atoms with Crippen molar-refractivity contribution >= 4 is 35.6 Å². The largest absolute Gasteiger partial charge is 0.480 e. The van der Waals surface area contributed by atoms with Gasteiger partial charge in [-0.25, -0.2) is 0 Å². The molecule has 0 saturated carbocycles. The molecule has 0 fully saturated rings. The number of nitrogens with one attached hydrogen (secondary N) is 3. The third-order valence-corrected chi connectivity index (χ3v) is 4.65. The van der Waals surface area contributed by atoms with E-state index in [4.69, 9.17) is 33.8 Å². The van der Waals surface area contributed by atoms with Crippen molar-refractivity contribution in [3.8, 4) is 0 Å². The fourth-order valence-electron chi connectivity index (χ4n) is 2.75. The molecule has 34 heavy (non-hydrogen) atoms. The van der Waals surface area contributed by atoms with Gasteiger partial charge in [0.2, 0.25) is 23.6 Å². The van der Waals surface area contributed by atoms with E-state index >= 15 is 0 Å². The molecule has 0 spiro atoms. The number of hydrogen-bond acceptors (Lipinski definition) is 8. The molecule has 15 heteroatoms. The molecule has 0 aliphatic rings. The van der Waals surface area contributed by atoms with Crippen LogP contribution in [0.5, 0.6) is 0 Å². The molecule has 0 bridgehead atoms. The van der Waals surface area contributed by atoms with Gasteiger partial charge in [-0.05, 0) is 39.2 Å². The lowest BCUT2D eigenvalue weighted by Gasteiger charge is -2.24. The standard InChI is InChI=1S/C19H37N9O6/c1-10(18(33)34)26-16(31)12(6-4-8-25-19(23)24)27-17(32)13(9-14(22)29)28-15(30)11(21)5-2-3-7-20/h10-13H,2-9,20-21H2,1H3,(H2,22,29)(H,26,31)(H,27,32)(H,28,30)(H,33,34)(H4,23,24,25). The molecule has 0 radical (unpaired) electrons. The molecular formula is C19H37N9O6. The Labute approximate surface area is 197 Å². The predicted octanol–water partition coefficient (Wildman–Crippen LogP) is -4.07. The zero-order valence-corrected chi connectivity index (χ0v) is 19.3. The van der Waals surface area contributed by atoms with Crippen LogP contribution in [0.3, 0.4) is 0 Å². The van der Waals surface area contributed by atoms with Crippen LogP contribution in [0, 0.1) is 0 Å². The predicted molar refractivity (Wildman–Crippen MR) is 124 cm³/mol. The minimum atomic E-state index is -1.39. The third kappa shape index (κ3) is 13.2. The highest BCUT2D eigenvalue weighted by Crippen LogP contribution is 2.04. The summed E-state index contributed by atoms with van der Waals surface area (Å²) in [6.45, 7) is 1.84. The minimum Gasteiger partial charge on any atom is -0.480 e. The number of aliphatic imine (C=N–C) groups is 1. The molecule has 0 aromatic rings. The van der Waals surface area contributed by atoms with Gasteiger partial charge in [0.25, 0.3) is 0 Å². The van der Waals surface area contributed by atoms with Gasteiger partial charge in [-0.1, -0.05) is 6.42 Å². The Bertz CT molecular complexity index is 742. The van der Waals surface area contributed by atoms with Gasteiger partial charge in [-0.15, -0.1) is 0 Å². The molecule has 14 N–H and O–H groups in total. The van der Waals surface area contributed by atoms with E-state index in [0.29, 0.717) is 25.8 Å². The first-order valence-electron chi connectivity index (χ1n) is 10.8. The van der Waals surface area contributed by atoms with Crippen molar-refractivity contribution in [3.05, 3.63) is 0 Å². The van der Waals surface area contributed by atoms with Crippen LogP contribution in [0.2, 0.25) is 0 Å². The SMILES string of the molecule is CC(NC(=O)C(CCCN=C(N)N)NC(=O)C(CC(N)=O)NC(=O)C(N)CCCCN)C(=O)O. The Hall–Kier alpha value is -3.46. The number of carboxylic acids is 1. The van der Waals surface area contributed by atoms with Crippen LogP contribution in [-0.2, 0) is 24.0 Å². The number of primary amides is 1. The Kier molecular flexibility index (Phi) is 14.6. The average molecular weight is 488 g/mol. The van der Waals surface area contributed by atoms with Crippen LogP contribution in [0.15, 0.2) is 4.99 Å². The number of carbonyl (C=O) groups excluding carboxylic acids is 4. The lowest BCUT2D eigenvalue weighted by Crippen LogP contribution is -2.57. The van der Waals surface area contributed by atoms with Crippen molar-refractivity contribution in [1.29, 1.82) is 0 Å². The van der Waals surface area contributed by atoms with Gasteiger partial charge in [0.05, 0.1) is 12.5 Å². The van der Waals surface area contributed by atoms with E-state index in [-0.39, 0.29) is 25.3 Å². The van der Waals surface area contributed by atoms with Crippen molar-refractivity contribution in [2.45, 2.75) is 69.6 Å². The van der Waals surface area contributed by atoms with Crippen molar-refractivity contribution in [1.82, 2.24) is 16.0 Å². The number of rotatable bonds is 17. The summed E-state index contributed by atoms with van der Waals surface area (Å²) < 4.78 is 0. The summed E-state index contributed by atoms with van der Waals surface area (Å²) in [5, 5.41) is 16.1. The van der Waals surface area contributed by atoms with Crippen molar-refractivity contribution in [2.75, 3.05) is 13.1 Å². The van der Waals surface area contributed by atoms with Crippen molar-refractivity contribution in [3.63, 3.8) is 0 Å². The van der Waals surface area contributed by atoms with E-state index in [1.165, 1.54) is 6.92 Å². The number of nitrogens with two attached hydrogens (primary N) is 5. The molecular weight excluding hydrogens is 450 g/mol. The molecule has 0 rings (SSSR count). The van der Waals surface area contributed by atoms with E-state index in [1.54, 1.807) is 0 Å². The Morgan fingerprint density at radius 3 is 1.97 bits per heavy atom. The Morgan fingerprint density at radius 1 is 0.853 bits per heavy atom. The maximum atomic E-state index is 12.8. The number of amides is 4. The first-order valence-corrected chi connectivity index (χ1v) is 10.8. The van der Waals surface area contributed by atoms with E-state index in [1.807, 2.05) is 0 Å². The Balaban J connectivity index is 5.39. The lowest BCUT2D eigenvalue weighted by molar-refractivity contribution is -0.142. The van der Waals surface area contributed by atoms with Crippen molar-refractivity contribution < 1.29 is 29.1 Å². The number of carbonyl (C=O) groups is 5. The molecule has 4 amide bonds. The van der Waals surface area contributed by atoms with Gasteiger partial charge in [-0.3, -0.25) is 29.0 Å². The van der Waals surface area contributed by atoms with Gasteiger partial charge in [0.1, 0.15) is 18.1 Å². The summed E-state index contributed by atoms with van der Waals surface area (Å²) >= 11 is 0. The smallest absolute Gasteiger partial charge is 0.325 e. The first-order chi connectivity index (χ1) is 15.9. The summed E-state index contributed by atoms with van der Waals surface area (Å²) in [6.07, 6.45) is 1.33. The maximum Gasteiger partial charge on any atom is 0.325 e. The summed E-state index contributed by atoms with van der Waals surface area (Å²) in [7, 11) is 0. The molecule has 0 saturated heterocycles. The Morgan fingerprint density at radius 2 is 1.44 bits per heavy atom. The first kappa shape index (κ1) is 30.5. The van der Waals surface area contributed by atoms with Crippen LogP contribution in [0.1, 0.15) is 45.4 Å². The number of carboxylic acid groups (broad SMARTS) is 1. The monoisotopic (exact) mass is 487 g/mol. The van der Waals surface area contributed by atoms with E-state index in [0.717, 1.165) is 0 Å². The van der Waals surface area contributed by atoms with E-state index in [9.17, 15) is 24.0 Å². The molecule has 0 aromatic heterocycles. The molecule has 0 aliphatic heterocycles. The molecule has 0 aromatic carbocycles. The zero-order chi connectivity index (χ0) is 26.3. The molecule has 4 atom stereocenters. The summed E-state index contributed by atoms with van der Waals surface area (Å²) in [5.74, 6) is -4.63. The number of nitrogens with zero attached hydrogens (tertiary/aromatic N) is 1. The normalized spacial score (nSPS) is 14.1. The van der Waals surface area contributed by atoms with Crippen LogP contribution < -0.4 is 44.6 Å². The minimum absolute atomic E-state index is 0.0382. The molecule has 194 valence electrons. The quantitative estimate of drug-likeness (QED) is 0.0543. The van der Waals surface area contributed by atoms with Gasteiger partial charge in [-0.2, -0.15) is 0 Å². The number of hydrogen-bond donors (Lipinski definition) is 9. The number of guanidine groups is 1. The maximum absolute atomic E-state index is 12.8. The van der Waals surface area contributed by atoms with E-state index in [2.05, 4.69) is 20.9 Å². The summed E-state index contributed by atoms with van der Waals surface area (Å²) in [5.41, 5.74) is 26.9. The summed E-state index contributed by atoms with van der Waals surface area (Å²) in [6, 6.07) is -4.76. The molecule has 0 heterocycles. The van der Waals surface area contributed by atoms with Gasteiger partial charge >= 0.3 is 5.97 Å². The van der Waals surface area contributed by atoms with Gasteiger partial charge in [0, 0.05) is 6.54 Å². The fourth-order valence-corrected chi connectivity index (χ4v) is 2.75. The van der Waals surface area contributed by atoms with Crippen LogP contribution in [0.25, 0.3) is 0 Å². The zero-order valence-electron chi connectivity index (χ0n) is 19.3. The fraction of sp³-hybridized carbons (Fsp3) is 0.684. The second kappa shape index (κ2) is 16.2. The highest BCUT2D eigenvalue weighted by Gasteiger charge is 2.30. The van der Waals surface area contributed by atoms with Gasteiger partial charge < -0.3 is 49.7 Å². The average Bonchev–Trinajstić information content (AvgIpc) is 2.74. The summed E-state index contributed by atoms with van der Waals surface area (Å²) in [4.78, 5) is 64.0. The third-order valence-electron chi connectivity index (χ3n) is 4.65. The highest BCUT2D eigenvalue weighted by molar-refractivity contribution is 5.96. The highest BCUT2D eigenvalue weighted by atomic mass is 16.4. The molecule has 0 aliphatic carbocycles.